The van der Waals surface area contributed by atoms with Gasteiger partial charge in [-0.3, -0.25) is 9.59 Å². The van der Waals surface area contributed by atoms with E-state index >= 15 is 0 Å². The van der Waals surface area contributed by atoms with E-state index in [1.807, 2.05) is 0 Å². The molecule has 1 aliphatic rings. The fourth-order valence-corrected chi connectivity index (χ4v) is 4.94. The monoisotopic (exact) mass is 521 g/mol. The molecular weight excluding hydrogens is 502 g/mol. The van der Waals surface area contributed by atoms with Crippen LogP contribution in [0.25, 0.3) is 11.1 Å². The van der Waals surface area contributed by atoms with E-state index < -0.39 is 35.1 Å². The second-order valence-electron chi connectivity index (χ2n) is 8.91. The van der Waals surface area contributed by atoms with Crippen molar-refractivity contribution in [3.05, 3.63) is 93.0 Å². The SMILES string of the molecule is CC1(C)C(C(=O)O)c2cc(-c3ccccc3C(F)(F)F)ccc2C(=O)N1Cc1ccc(Cl)c(Cl)c1. The highest BCUT2D eigenvalue weighted by atomic mass is 35.5. The van der Waals surface area contributed by atoms with E-state index in [2.05, 4.69) is 0 Å². The van der Waals surface area contributed by atoms with E-state index in [4.69, 9.17) is 23.2 Å². The van der Waals surface area contributed by atoms with Gasteiger partial charge in [0.15, 0.2) is 0 Å². The van der Waals surface area contributed by atoms with Crippen LogP contribution in [0.4, 0.5) is 13.2 Å². The fraction of sp³-hybridized carbons (Fsp3) is 0.231. The van der Waals surface area contributed by atoms with Gasteiger partial charge in [0.25, 0.3) is 5.91 Å². The molecule has 3 aromatic carbocycles. The van der Waals surface area contributed by atoms with Gasteiger partial charge in [0.05, 0.1) is 21.1 Å². The van der Waals surface area contributed by atoms with Crippen LogP contribution in [0.15, 0.2) is 60.7 Å². The van der Waals surface area contributed by atoms with Gasteiger partial charge < -0.3 is 10.0 Å². The zero-order valence-electron chi connectivity index (χ0n) is 18.7. The number of amides is 1. The first kappa shape index (κ1) is 25.1. The Kier molecular flexibility index (Phi) is 6.36. The minimum atomic E-state index is -4.59. The van der Waals surface area contributed by atoms with Crippen LogP contribution in [-0.2, 0) is 17.5 Å². The fourth-order valence-electron chi connectivity index (χ4n) is 4.62. The van der Waals surface area contributed by atoms with Crippen molar-refractivity contribution in [2.24, 2.45) is 0 Å². The molecule has 0 fully saturated rings. The average Bonchev–Trinajstić information content (AvgIpc) is 2.77. The summed E-state index contributed by atoms with van der Waals surface area (Å²) in [5, 5.41) is 10.8. The van der Waals surface area contributed by atoms with Crippen molar-refractivity contribution in [3.63, 3.8) is 0 Å². The number of rotatable bonds is 4. The maximum Gasteiger partial charge on any atom is 0.417 e. The summed E-state index contributed by atoms with van der Waals surface area (Å²) in [6.45, 7) is 3.32. The summed E-state index contributed by atoms with van der Waals surface area (Å²) < 4.78 is 40.8. The van der Waals surface area contributed by atoms with Gasteiger partial charge in [-0.25, -0.2) is 0 Å². The molecule has 4 nitrogen and oxygen atoms in total. The summed E-state index contributed by atoms with van der Waals surface area (Å²) in [4.78, 5) is 27.4. The number of hydrogen-bond donors (Lipinski definition) is 1. The standard InChI is InChI=1S/C26H20Cl2F3NO3/c1-25(2)22(24(34)35)18-12-15(16-5-3-4-6-19(16)26(29,30)31)8-9-17(18)23(33)32(25)13-14-7-10-20(27)21(28)11-14/h3-12,22H,13H2,1-2H3,(H,34,35). The van der Waals surface area contributed by atoms with E-state index in [-0.39, 0.29) is 28.8 Å². The van der Waals surface area contributed by atoms with Crippen molar-refractivity contribution in [2.45, 2.75) is 38.0 Å². The van der Waals surface area contributed by atoms with Gasteiger partial charge in [-0.1, -0.05) is 53.5 Å². The number of halogens is 5. The van der Waals surface area contributed by atoms with Crippen molar-refractivity contribution in [1.29, 1.82) is 0 Å². The van der Waals surface area contributed by atoms with Gasteiger partial charge in [-0.05, 0) is 66.4 Å². The van der Waals surface area contributed by atoms with Crippen molar-refractivity contribution in [3.8, 4) is 11.1 Å². The maximum absolute atomic E-state index is 13.6. The number of alkyl halides is 3. The molecule has 1 aliphatic heterocycles. The Morgan fingerprint density at radius 3 is 2.31 bits per heavy atom. The molecule has 0 aromatic heterocycles. The van der Waals surface area contributed by atoms with Gasteiger partial charge in [0, 0.05) is 12.1 Å². The molecule has 0 saturated heterocycles. The molecule has 0 aliphatic carbocycles. The third-order valence-electron chi connectivity index (χ3n) is 6.36. The van der Waals surface area contributed by atoms with Crippen LogP contribution < -0.4 is 0 Å². The Hall–Kier alpha value is -3.03. The van der Waals surface area contributed by atoms with Crippen molar-refractivity contribution < 1.29 is 27.9 Å². The summed E-state index contributed by atoms with van der Waals surface area (Å²) in [5.74, 6) is -2.80. The molecule has 0 spiro atoms. The average molecular weight is 522 g/mol. The van der Waals surface area contributed by atoms with Crippen LogP contribution in [0.2, 0.25) is 10.0 Å². The Morgan fingerprint density at radius 1 is 1.00 bits per heavy atom. The number of carbonyl (C=O) groups excluding carboxylic acids is 1. The molecule has 4 rings (SSSR count). The molecule has 9 heteroatoms. The number of aliphatic carboxylic acids is 1. The number of carboxylic acids is 1. The van der Waals surface area contributed by atoms with Gasteiger partial charge >= 0.3 is 12.1 Å². The highest BCUT2D eigenvalue weighted by Crippen LogP contribution is 2.44. The molecule has 1 heterocycles. The van der Waals surface area contributed by atoms with Crippen LogP contribution >= 0.6 is 23.2 Å². The summed E-state index contributed by atoms with van der Waals surface area (Å²) in [6, 6.07) is 14.1. The third kappa shape index (κ3) is 4.50. The lowest BCUT2D eigenvalue weighted by atomic mass is 9.74. The number of hydrogen-bond acceptors (Lipinski definition) is 2. The van der Waals surface area contributed by atoms with E-state index in [9.17, 15) is 27.9 Å². The number of nitrogens with zero attached hydrogens (tertiary/aromatic N) is 1. The summed E-state index contributed by atoms with van der Waals surface area (Å²) in [5.41, 5.74) is -0.986. The lowest BCUT2D eigenvalue weighted by Gasteiger charge is -2.47. The van der Waals surface area contributed by atoms with Gasteiger partial charge in [-0.15, -0.1) is 0 Å². The Bertz CT molecular complexity index is 1340. The van der Waals surface area contributed by atoms with Crippen molar-refractivity contribution in [1.82, 2.24) is 4.90 Å². The minimum Gasteiger partial charge on any atom is -0.481 e. The predicted octanol–water partition coefficient (Wildman–Crippen LogP) is 7.28. The molecule has 1 N–H and O–H groups in total. The van der Waals surface area contributed by atoms with Gasteiger partial charge in [-0.2, -0.15) is 13.2 Å². The topological polar surface area (TPSA) is 57.6 Å². The van der Waals surface area contributed by atoms with Crippen LogP contribution in [0.1, 0.15) is 46.8 Å². The van der Waals surface area contributed by atoms with Crippen LogP contribution in [0, 0.1) is 0 Å². The molecular formula is C26H20Cl2F3NO3. The number of benzene rings is 3. The smallest absolute Gasteiger partial charge is 0.417 e. The largest absolute Gasteiger partial charge is 0.481 e. The Morgan fingerprint density at radius 2 is 1.69 bits per heavy atom. The number of fused-ring (bicyclic) bond motifs is 1. The lowest BCUT2D eigenvalue weighted by Crippen LogP contribution is -2.56. The highest BCUT2D eigenvalue weighted by Gasteiger charge is 2.49. The second kappa shape index (κ2) is 8.88. The molecule has 1 atom stereocenters. The Labute approximate surface area is 209 Å². The van der Waals surface area contributed by atoms with E-state index in [0.29, 0.717) is 15.6 Å². The number of carboxylic acid groups (broad SMARTS) is 1. The molecule has 1 unspecified atom stereocenters. The number of carbonyl (C=O) groups is 2. The molecule has 0 radical (unpaired) electrons. The molecule has 0 saturated carbocycles. The molecule has 1 amide bonds. The van der Waals surface area contributed by atoms with Crippen LogP contribution in [0.3, 0.4) is 0 Å². The van der Waals surface area contributed by atoms with Gasteiger partial charge in [0.2, 0.25) is 0 Å². The molecule has 35 heavy (non-hydrogen) atoms. The predicted molar refractivity (Wildman–Crippen MR) is 128 cm³/mol. The lowest BCUT2D eigenvalue weighted by molar-refractivity contribution is -0.142. The van der Waals surface area contributed by atoms with E-state index in [1.54, 1.807) is 32.0 Å². The van der Waals surface area contributed by atoms with Crippen molar-refractivity contribution >= 4 is 35.1 Å². The van der Waals surface area contributed by atoms with Crippen molar-refractivity contribution in [2.75, 3.05) is 0 Å². The van der Waals surface area contributed by atoms with Gasteiger partial charge in [0.1, 0.15) is 5.92 Å². The van der Waals surface area contributed by atoms with E-state index in [1.165, 1.54) is 41.3 Å². The molecule has 0 bridgehead atoms. The summed E-state index contributed by atoms with van der Waals surface area (Å²) >= 11 is 12.1. The normalized spacial score (nSPS) is 17.3. The summed E-state index contributed by atoms with van der Waals surface area (Å²) in [6.07, 6.45) is -4.59. The quantitative estimate of drug-likeness (QED) is 0.392. The maximum atomic E-state index is 13.6. The zero-order chi connectivity index (χ0) is 25.7. The second-order valence-corrected chi connectivity index (χ2v) is 9.72. The zero-order valence-corrected chi connectivity index (χ0v) is 20.2. The van der Waals surface area contributed by atoms with E-state index in [0.717, 1.165) is 6.07 Å². The first-order valence-electron chi connectivity index (χ1n) is 10.6. The Balaban J connectivity index is 1.84. The third-order valence-corrected chi connectivity index (χ3v) is 7.09. The van der Waals surface area contributed by atoms with Crippen LogP contribution in [-0.4, -0.2) is 27.4 Å². The highest BCUT2D eigenvalue weighted by molar-refractivity contribution is 6.42. The molecule has 3 aromatic rings. The first-order valence-corrected chi connectivity index (χ1v) is 11.4. The first-order chi connectivity index (χ1) is 16.3. The molecule has 182 valence electrons. The van der Waals surface area contributed by atoms with Crippen LogP contribution in [0.5, 0.6) is 0 Å². The minimum absolute atomic E-state index is 0.0740. The summed E-state index contributed by atoms with van der Waals surface area (Å²) in [7, 11) is 0.